The van der Waals surface area contributed by atoms with Gasteiger partial charge >= 0.3 is 0 Å². The smallest absolute Gasteiger partial charge is 0.238 e. The molecule has 3 heterocycles. The number of nitrogens with one attached hydrogen (secondary N) is 1. The summed E-state index contributed by atoms with van der Waals surface area (Å²) in [5.41, 5.74) is 1.75. The first-order valence-electron chi connectivity index (χ1n) is 10.0. The van der Waals surface area contributed by atoms with E-state index in [0.29, 0.717) is 30.5 Å². The summed E-state index contributed by atoms with van der Waals surface area (Å²) < 4.78 is 11.3. The molecule has 2 unspecified atom stereocenters. The first kappa shape index (κ1) is 19.6. The minimum Gasteiger partial charge on any atom is -0.486 e. The predicted octanol–water partition coefficient (Wildman–Crippen LogP) is 4.28. The molecule has 1 saturated heterocycles. The number of hydrogen-bond acceptors (Lipinski definition) is 5. The van der Waals surface area contributed by atoms with Gasteiger partial charge in [0.2, 0.25) is 11.8 Å². The van der Waals surface area contributed by atoms with Gasteiger partial charge in [0.1, 0.15) is 13.2 Å². The predicted molar refractivity (Wildman–Crippen MR) is 115 cm³/mol. The Morgan fingerprint density at radius 3 is 2.87 bits per heavy atom. The highest BCUT2D eigenvalue weighted by atomic mass is 35.5. The Balaban J connectivity index is 1.31. The fourth-order valence-electron chi connectivity index (χ4n) is 4.21. The van der Waals surface area contributed by atoms with E-state index in [1.165, 1.54) is 11.8 Å². The maximum absolute atomic E-state index is 13.2. The van der Waals surface area contributed by atoms with Gasteiger partial charge in [0.15, 0.2) is 11.5 Å². The van der Waals surface area contributed by atoms with Crippen molar-refractivity contribution >= 4 is 40.9 Å². The fraction of sp³-hybridized carbons (Fsp3) is 0.364. The van der Waals surface area contributed by atoms with Crippen molar-refractivity contribution in [3.8, 4) is 11.5 Å². The molecule has 30 heavy (non-hydrogen) atoms. The number of hydrogen-bond donors (Lipinski definition) is 1. The second kappa shape index (κ2) is 8.04. The van der Waals surface area contributed by atoms with E-state index < -0.39 is 5.25 Å². The van der Waals surface area contributed by atoms with Crippen LogP contribution in [0.5, 0.6) is 11.5 Å². The van der Waals surface area contributed by atoms with Crippen molar-refractivity contribution < 1.29 is 19.1 Å². The Morgan fingerprint density at radius 1 is 1.17 bits per heavy atom. The van der Waals surface area contributed by atoms with Gasteiger partial charge in [0.05, 0.1) is 17.0 Å². The summed E-state index contributed by atoms with van der Waals surface area (Å²) in [7, 11) is 0. The Bertz CT molecular complexity index is 1010. The second-order valence-corrected chi connectivity index (χ2v) is 9.27. The molecule has 0 bridgehead atoms. The average Bonchev–Trinajstić information content (AvgIpc) is 3.24. The number of carbonyl (C=O) groups is 2. The SMILES string of the molecule is O=C1Nc2cc(Cl)ccc2SC1CC(=O)N1CCCC1c1ccc2c(c1)OCCO2. The zero-order valence-corrected chi connectivity index (χ0v) is 17.8. The van der Waals surface area contributed by atoms with Gasteiger partial charge < -0.3 is 19.7 Å². The molecule has 3 aliphatic heterocycles. The zero-order valence-electron chi connectivity index (χ0n) is 16.2. The van der Waals surface area contributed by atoms with Gasteiger partial charge in [-0.15, -0.1) is 11.8 Å². The zero-order chi connectivity index (χ0) is 20.7. The summed E-state index contributed by atoms with van der Waals surface area (Å²) in [4.78, 5) is 28.5. The monoisotopic (exact) mass is 444 g/mol. The third kappa shape index (κ3) is 3.72. The number of rotatable bonds is 3. The van der Waals surface area contributed by atoms with Crippen molar-refractivity contribution in [1.82, 2.24) is 4.90 Å². The molecule has 2 aromatic rings. The first-order chi connectivity index (χ1) is 14.6. The molecule has 1 fully saturated rings. The minimum absolute atomic E-state index is 0.00236. The third-order valence-electron chi connectivity index (χ3n) is 5.65. The Hall–Kier alpha value is -2.38. The van der Waals surface area contributed by atoms with Crippen LogP contribution in [0.4, 0.5) is 5.69 Å². The highest BCUT2D eigenvalue weighted by molar-refractivity contribution is 8.01. The molecule has 0 radical (unpaired) electrons. The highest BCUT2D eigenvalue weighted by Crippen LogP contribution is 2.41. The van der Waals surface area contributed by atoms with Crippen molar-refractivity contribution in [3.05, 3.63) is 47.0 Å². The van der Waals surface area contributed by atoms with E-state index in [0.717, 1.165) is 34.8 Å². The number of halogens is 1. The number of anilines is 1. The quantitative estimate of drug-likeness (QED) is 0.765. The lowest BCUT2D eigenvalue weighted by Gasteiger charge is -2.29. The molecular weight excluding hydrogens is 424 g/mol. The standard InChI is InChI=1S/C22H21ClN2O4S/c23-14-4-6-19-15(11-14)24-22(27)20(30-19)12-21(26)25-7-1-2-16(25)13-3-5-17-18(10-13)29-9-8-28-17/h3-6,10-11,16,20H,1-2,7-9,12H2,(H,24,27). The van der Waals surface area contributed by atoms with Gasteiger partial charge in [-0.05, 0) is 48.7 Å². The van der Waals surface area contributed by atoms with Crippen LogP contribution in [-0.2, 0) is 9.59 Å². The minimum atomic E-state index is -0.451. The van der Waals surface area contributed by atoms with Gasteiger partial charge in [-0.1, -0.05) is 17.7 Å². The molecule has 1 N–H and O–H groups in total. The number of amides is 2. The second-order valence-electron chi connectivity index (χ2n) is 7.59. The van der Waals surface area contributed by atoms with E-state index in [1.807, 2.05) is 29.2 Å². The lowest BCUT2D eigenvalue weighted by atomic mass is 10.0. The summed E-state index contributed by atoms with van der Waals surface area (Å²) in [5.74, 6) is 1.32. The van der Waals surface area contributed by atoms with Gasteiger partial charge in [-0.3, -0.25) is 9.59 Å². The topological polar surface area (TPSA) is 67.9 Å². The van der Waals surface area contributed by atoms with Gasteiger partial charge in [-0.2, -0.15) is 0 Å². The number of nitrogens with zero attached hydrogens (tertiary/aromatic N) is 1. The molecule has 6 nitrogen and oxygen atoms in total. The molecule has 2 aromatic carbocycles. The summed E-state index contributed by atoms with van der Waals surface area (Å²) in [6.45, 7) is 1.78. The first-order valence-corrected chi connectivity index (χ1v) is 11.3. The van der Waals surface area contributed by atoms with Crippen molar-refractivity contribution in [3.63, 3.8) is 0 Å². The summed E-state index contributed by atoms with van der Waals surface area (Å²) in [5, 5.41) is 3.00. The van der Waals surface area contributed by atoms with E-state index in [2.05, 4.69) is 5.32 Å². The Kier molecular flexibility index (Phi) is 5.25. The van der Waals surface area contributed by atoms with Crippen molar-refractivity contribution in [2.45, 2.75) is 35.4 Å². The number of thioether (sulfide) groups is 1. The lowest BCUT2D eigenvalue weighted by Crippen LogP contribution is -2.37. The normalized spacial score (nSPS) is 22.4. The summed E-state index contributed by atoms with van der Waals surface area (Å²) in [6.07, 6.45) is 2.01. The molecule has 5 rings (SSSR count). The molecule has 0 aromatic heterocycles. The molecule has 2 atom stereocenters. The maximum atomic E-state index is 13.2. The van der Waals surface area contributed by atoms with E-state index in [4.69, 9.17) is 21.1 Å². The van der Waals surface area contributed by atoms with Crippen molar-refractivity contribution in [2.75, 3.05) is 25.1 Å². The van der Waals surface area contributed by atoms with Gasteiger partial charge in [0, 0.05) is 22.9 Å². The van der Waals surface area contributed by atoms with Gasteiger partial charge in [-0.25, -0.2) is 0 Å². The Morgan fingerprint density at radius 2 is 2.00 bits per heavy atom. The molecule has 2 amide bonds. The van der Waals surface area contributed by atoms with Crippen LogP contribution < -0.4 is 14.8 Å². The van der Waals surface area contributed by atoms with Crippen molar-refractivity contribution in [1.29, 1.82) is 0 Å². The molecule has 0 aliphatic carbocycles. The van der Waals surface area contributed by atoms with E-state index in [-0.39, 0.29) is 24.3 Å². The van der Waals surface area contributed by atoms with Crippen LogP contribution in [0.15, 0.2) is 41.3 Å². The molecule has 0 spiro atoms. The molecular formula is C22H21ClN2O4S. The third-order valence-corrected chi connectivity index (χ3v) is 7.16. The highest BCUT2D eigenvalue weighted by Gasteiger charge is 2.35. The maximum Gasteiger partial charge on any atom is 0.238 e. The molecule has 156 valence electrons. The number of likely N-dealkylation sites (tertiary alicyclic amines) is 1. The fourth-order valence-corrected chi connectivity index (χ4v) is 5.47. The van der Waals surface area contributed by atoms with Crippen LogP contribution >= 0.6 is 23.4 Å². The van der Waals surface area contributed by atoms with E-state index in [9.17, 15) is 9.59 Å². The lowest BCUT2D eigenvalue weighted by molar-refractivity contribution is -0.133. The molecule has 8 heteroatoms. The number of carbonyl (C=O) groups excluding carboxylic acids is 2. The molecule has 0 saturated carbocycles. The number of fused-ring (bicyclic) bond motifs is 2. The van der Waals surface area contributed by atoms with Crippen LogP contribution in [0, 0.1) is 0 Å². The van der Waals surface area contributed by atoms with Crippen LogP contribution in [0.1, 0.15) is 30.9 Å². The van der Waals surface area contributed by atoms with E-state index >= 15 is 0 Å². The number of ether oxygens (including phenoxy) is 2. The summed E-state index contributed by atoms with van der Waals surface area (Å²) in [6, 6.07) is 11.3. The van der Waals surface area contributed by atoms with Crippen molar-refractivity contribution in [2.24, 2.45) is 0 Å². The Labute approximate surface area is 183 Å². The van der Waals surface area contributed by atoms with Crippen LogP contribution in [0.3, 0.4) is 0 Å². The average molecular weight is 445 g/mol. The van der Waals surface area contributed by atoms with Crippen LogP contribution in [-0.4, -0.2) is 41.7 Å². The van der Waals surface area contributed by atoms with Crippen LogP contribution in [0.25, 0.3) is 0 Å². The largest absolute Gasteiger partial charge is 0.486 e. The number of benzene rings is 2. The van der Waals surface area contributed by atoms with Gasteiger partial charge in [0.25, 0.3) is 0 Å². The summed E-state index contributed by atoms with van der Waals surface area (Å²) >= 11 is 7.43. The van der Waals surface area contributed by atoms with E-state index in [1.54, 1.807) is 12.1 Å². The molecule has 3 aliphatic rings. The van der Waals surface area contributed by atoms with Crippen LogP contribution in [0.2, 0.25) is 5.02 Å².